The van der Waals surface area contributed by atoms with Crippen LogP contribution in [0.4, 0.5) is 5.69 Å². The smallest absolute Gasteiger partial charge is 0.253 e. The number of para-hydroxylation sites is 1. The molecule has 1 amide bonds. The Morgan fingerprint density at radius 2 is 1.82 bits per heavy atom. The highest BCUT2D eigenvalue weighted by Crippen LogP contribution is 2.22. The number of nitrogens with zero attached hydrogens (tertiary/aromatic N) is 1. The Kier molecular flexibility index (Phi) is 5.60. The zero-order valence-corrected chi connectivity index (χ0v) is 12.4. The van der Waals surface area contributed by atoms with Gasteiger partial charge in [-0.05, 0) is 24.3 Å². The molecule has 22 heavy (non-hydrogen) atoms. The summed E-state index contributed by atoms with van der Waals surface area (Å²) in [4.78, 5) is 14.5. The van der Waals surface area contributed by atoms with E-state index in [9.17, 15) is 4.79 Å². The van der Waals surface area contributed by atoms with Gasteiger partial charge in [-0.25, -0.2) is 0 Å². The number of benzene rings is 1. The van der Waals surface area contributed by atoms with E-state index in [0.717, 1.165) is 5.69 Å². The maximum Gasteiger partial charge on any atom is 0.253 e. The number of carbonyl (C=O) groups is 1. The molecule has 0 aliphatic carbocycles. The number of hydrogen-bond donors (Lipinski definition) is 1. The first-order valence-electron chi connectivity index (χ1n) is 7.12. The quantitative estimate of drug-likeness (QED) is 0.757. The first kappa shape index (κ1) is 15.6. The summed E-state index contributed by atoms with van der Waals surface area (Å²) in [7, 11) is 0. The fourth-order valence-electron chi connectivity index (χ4n) is 2.16. The van der Waals surface area contributed by atoms with Gasteiger partial charge < -0.3 is 14.6 Å². The van der Waals surface area contributed by atoms with Gasteiger partial charge in [0, 0.05) is 18.8 Å². The number of hydrogen-bond acceptors (Lipinski definition) is 3. The third-order valence-electron chi connectivity index (χ3n) is 3.17. The molecule has 4 nitrogen and oxygen atoms in total. The summed E-state index contributed by atoms with van der Waals surface area (Å²) in [5.74, 6) is 0.491. The number of furan rings is 1. The molecule has 0 radical (unpaired) electrons. The van der Waals surface area contributed by atoms with E-state index >= 15 is 0 Å². The Labute approximate surface area is 130 Å². The van der Waals surface area contributed by atoms with Gasteiger partial charge in [0.2, 0.25) is 0 Å². The van der Waals surface area contributed by atoms with Crippen LogP contribution < -0.4 is 5.32 Å². The molecule has 1 N–H and O–H groups in total. The zero-order valence-electron chi connectivity index (χ0n) is 12.4. The van der Waals surface area contributed by atoms with Crippen LogP contribution in [0.5, 0.6) is 0 Å². The van der Waals surface area contributed by atoms with E-state index in [1.807, 2.05) is 30.3 Å². The first-order chi connectivity index (χ1) is 10.8. The van der Waals surface area contributed by atoms with Crippen LogP contribution in [0.1, 0.15) is 11.8 Å². The lowest BCUT2D eigenvalue weighted by atomic mass is 10.1. The molecule has 114 valence electrons. The van der Waals surface area contributed by atoms with E-state index in [4.69, 9.17) is 4.42 Å². The Hall–Kier alpha value is -2.75. The van der Waals surface area contributed by atoms with Crippen LogP contribution in [0.15, 0.2) is 78.5 Å². The highest BCUT2D eigenvalue weighted by molar-refractivity contribution is 5.85. The van der Waals surface area contributed by atoms with E-state index in [1.165, 1.54) is 0 Å². The van der Waals surface area contributed by atoms with Crippen molar-refractivity contribution in [3.05, 3.63) is 79.8 Å². The lowest BCUT2D eigenvalue weighted by Crippen LogP contribution is -2.38. The molecule has 2 aromatic rings. The second-order valence-corrected chi connectivity index (χ2v) is 4.78. The molecule has 0 aliphatic heterocycles. The van der Waals surface area contributed by atoms with E-state index < -0.39 is 6.04 Å². The van der Waals surface area contributed by atoms with E-state index in [-0.39, 0.29) is 5.91 Å². The fourth-order valence-corrected chi connectivity index (χ4v) is 2.16. The van der Waals surface area contributed by atoms with Crippen LogP contribution in [-0.2, 0) is 4.79 Å². The molecule has 2 rings (SSSR count). The summed E-state index contributed by atoms with van der Waals surface area (Å²) < 4.78 is 5.43. The van der Waals surface area contributed by atoms with Crippen molar-refractivity contribution in [2.45, 2.75) is 6.04 Å². The summed E-state index contributed by atoms with van der Waals surface area (Å²) in [5.41, 5.74) is 0.856. The minimum atomic E-state index is -0.586. The monoisotopic (exact) mass is 296 g/mol. The lowest BCUT2D eigenvalue weighted by molar-refractivity contribution is -0.131. The van der Waals surface area contributed by atoms with Crippen molar-refractivity contribution in [3.8, 4) is 0 Å². The molecule has 0 aliphatic rings. The SMILES string of the molecule is C=CCN(CC=C)C(=O)C(Nc1ccccc1)c1ccco1. The fraction of sp³-hybridized carbons (Fsp3) is 0.167. The average Bonchev–Trinajstić information content (AvgIpc) is 3.07. The average molecular weight is 296 g/mol. The zero-order chi connectivity index (χ0) is 15.8. The third kappa shape index (κ3) is 3.88. The number of nitrogens with one attached hydrogen (secondary N) is 1. The van der Waals surface area contributed by atoms with E-state index in [2.05, 4.69) is 18.5 Å². The molecule has 1 aromatic heterocycles. The van der Waals surface area contributed by atoms with Gasteiger partial charge >= 0.3 is 0 Å². The molecule has 1 aromatic carbocycles. The predicted molar refractivity (Wildman–Crippen MR) is 88.5 cm³/mol. The number of rotatable bonds is 8. The van der Waals surface area contributed by atoms with Gasteiger partial charge in [-0.15, -0.1) is 13.2 Å². The van der Waals surface area contributed by atoms with Crippen LogP contribution in [0.25, 0.3) is 0 Å². The summed E-state index contributed by atoms with van der Waals surface area (Å²) in [5, 5.41) is 3.22. The molecule has 1 unspecified atom stereocenters. The standard InChI is InChI=1S/C18H20N2O2/c1-3-12-20(13-4-2)18(21)17(16-11-8-14-22-16)19-15-9-6-5-7-10-15/h3-11,14,17,19H,1-2,12-13H2. The molecular formula is C18H20N2O2. The Morgan fingerprint density at radius 1 is 1.14 bits per heavy atom. The minimum absolute atomic E-state index is 0.0846. The first-order valence-corrected chi connectivity index (χ1v) is 7.12. The van der Waals surface area contributed by atoms with Crippen LogP contribution in [0, 0.1) is 0 Å². The molecule has 0 bridgehead atoms. The molecule has 4 heteroatoms. The summed E-state index contributed by atoms with van der Waals surface area (Å²) in [6.07, 6.45) is 4.96. The summed E-state index contributed by atoms with van der Waals surface area (Å²) >= 11 is 0. The molecule has 0 spiro atoms. The Bertz CT molecular complexity index is 595. The maximum absolute atomic E-state index is 12.8. The summed E-state index contributed by atoms with van der Waals surface area (Å²) in [6.45, 7) is 8.31. The van der Waals surface area contributed by atoms with Crippen LogP contribution in [0.3, 0.4) is 0 Å². The van der Waals surface area contributed by atoms with Crippen molar-refractivity contribution in [2.24, 2.45) is 0 Å². The topological polar surface area (TPSA) is 45.5 Å². The van der Waals surface area contributed by atoms with Gasteiger partial charge in [0.05, 0.1) is 6.26 Å². The van der Waals surface area contributed by atoms with Gasteiger partial charge in [0.25, 0.3) is 5.91 Å². The van der Waals surface area contributed by atoms with E-state index in [1.54, 1.807) is 35.4 Å². The van der Waals surface area contributed by atoms with Crippen molar-refractivity contribution in [2.75, 3.05) is 18.4 Å². The van der Waals surface area contributed by atoms with Crippen molar-refractivity contribution < 1.29 is 9.21 Å². The van der Waals surface area contributed by atoms with Crippen molar-refractivity contribution in [3.63, 3.8) is 0 Å². The van der Waals surface area contributed by atoms with Crippen LogP contribution in [-0.4, -0.2) is 23.9 Å². The predicted octanol–water partition coefficient (Wildman–Crippen LogP) is 3.63. The molecule has 1 atom stereocenters. The van der Waals surface area contributed by atoms with Crippen LogP contribution >= 0.6 is 0 Å². The van der Waals surface area contributed by atoms with Gasteiger partial charge in [-0.2, -0.15) is 0 Å². The molecule has 0 saturated heterocycles. The second-order valence-electron chi connectivity index (χ2n) is 4.78. The molecule has 0 saturated carbocycles. The van der Waals surface area contributed by atoms with Crippen molar-refractivity contribution in [1.29, 1.82) is 0 Å². The number of anilines is 1. The normalized spacial score (nSPS) is 11.5. The van der Waals surface area contributed by atoms with Gasteiger partial charge in [-0.1, -0.05) is 30.4 Å². The van der Waals surface area contributed by atoms with Crippen molar-refractivity contribution in [1.82, 2.24) is 4.90 Å². The second kappa shape index (κ2) is 7.88. The molecular weight excluding hydrogens is 276 g/mol. The van der Waals surface area contributed by atoms with Gasteiger partial charge in [-0.3, -0.25) is 4.79 Å². The third-order valence-corrected chi connectivity index (χ3v) is 3.17. The van der Waals surface area contributed by atoms with Gasteiger partial charge in [0.15, 0.2) is 6.04 Å². The summed E-state index contributed by atoms with van der Waals surface area (Å²) in [6, 6.07) is 12.6. The maximum atomic E-state index is 12.8. The largest absolute Gasteiger partial charge is 0.467 e. The highest BCUT2D eigenvalue weighted by Gasteiger charge is 2.27. The van der Waals surface area contributed by atoms with Crippen molar-refractivity contribution >= 4 is 11.6 Å². The van der Waals surface area contributed by atoms with E-state index in [0.29, 0.717) is 18.8 Å². The number of carbonyl (C=O) groups excluding carboxylic acids is 1. The molecule has 0 fully saturated rings. The lowest BCUT2D eigenvalue weighted by Gasteiger charge is -2.25. The molecule has 1 heterocycles. The van der Waals surface area contributed by atoms with Crippen LogP contribution in [0.2, 0.25) is 0 Å². The number of amides is 1. The Balaban J connectivity index is 2.25. The highest BCUT2D eigenvalue weighted by atomic mass is 16.3. The van der Waals surface area contributed by atoms with Gasteiger partial charge in [0.1, 0.15) is 5.76 Å². The Morgan fingerprint density at radius 3 is 2.36 bits per heavy atom. The minimum Gasteiger partial charge on any atom is -0.467 e.